The Morgan fingerprint density at radius 3 is 2.57 bits per heavy atom. The monoisotopic (exact) mass is 251 g/mol. The molecule has 74 valence electrons. The SMILES string of the molecule is BrC(=C1CCCCN1)c1ccccc1. The Labute approximate surface area is 93.3 Å². The lowest BCUT2D eigenvalue weighted by Gasteiger charge is -2.18. The van der Waals surface area contributed by atoms with E-state index in [2.05, 4.69) is 45.5 Å². The van der Waals surface area contributed by atoms with Crippen LogP contribution in [-0.4, -0.2) is 6.54 Å². The Morgan fingerprint density at radius 2 is 1.93 bits per heavy atom. The van der Waals surface area contributed by atoms with Crippen LogP contribution in [0.5, 0.6) is 0 Å². The molecule has 1 heterocycles. The van der Waals surface area contributed by atoms with Gasteiger partial charge in [0, 0.05) is 16.7 Å². The third kappa shape index (κ3) is 2.18. The Morgan fingerprint density at radius 1 is 1.14 bits per heavy atom. The molecule has 0 spiro atoms. The average molecular weight is 252 g/mol. The average Bonchev–Trinajstić information content (AvgIpc) is 2.30. The number of benzene rings is 1. The van der Waals surface area contributed by atoms with Gasteiger partial charge in [-0.1, -0.05) is 30.3 Å². The van der Waals surface area contributed by atoms with E-state index in [-0.39, 0.29) is 0 Å². The summed E-state index contributed by atoms with van der Waals surface area (Å²) >= 11 is 3.66. The van der Waals surface area contributed by atoms with E-state index in [1.54, 1.807) is 0 Å². The number of allylic oxidation sites excluding steroid dienone is 1. The minimum atomic E-state index is 1.11. The van der Waals surface area contributed by atoms with Gasteiger partial charge in [0.2, 0.25) is 0 Å². The lowest BCUT2D eigenvalue weighted by Crippen LogP contribution is -2.20. The van der Waals surface area contributed by atoms with E-state index in [0.717, 1.165) is 13.0 Å². The quantitative estimate of drug-likeness (QED) is 0.806. The molecule has 1 nitrogen and oxygen atoms in total. The molecule has 0 atom stereocenters. The molecular formula is C12H14BrN. The van der Waals surface area contributed by atoms with Crippen LogP contribution in [0.1, 0.15) is 24.8 Å². The van der Waals surface area contributed by atoms with Gasteiger partial charge in [0.25, 0.3) is 0 Å². The second kappa shape index (κ2) is 4.65. The van der Waals surface area contributed by atoms with E-state index in [1.165, 1.54) is 28.6 Å². The van der Waals surface area contributed by atoms with Gasteiger partial charge in [0.15, 0.2) is 0 Å². The van der Waals surface area contributed by atoms with Crippen molar-refractivity contribution in [1.82, 2.24) is 5.32 Å². The van der Waals surface area contributed by atoms with Crippen LogP contribution in [0.25, 0.3) is 4.48 Å². The fourth-order valence-corrected chi connectivity index (χ4v) is 2.30. The molecule has 1 fully saturated rings. The Balaban J connectivity index is 2.25. The summed E-state index contributed by atoms with van der Waals surface area (Å²) < 4.78 is 1.22. The fourth-order valence-electron chi connectivity index (χ4n) is 1.70. The third-order valence-electron chi connectivity index (χ3n) is 2.48. The van der Waals surface area contributed by atoms with Crippen LogP contribution >= 0.6 is 15.9 Å². The molecule has 0 unspecified atom stereocenters. The van der Waals surface area contributed by atoms with Gasteiger partial charge in [0.05, 0.1) is 0 Å². The zero-order valence-corrected chi connectivity index (χ0v) is 9.68. The van der Waals surface area contributed by atoms with Crippen molar-refractivity contribution in [2.75, 3.05) is 6.54 Å². The molecule has 0 amide bonds. The minimum absolute atomic E-state index is 1.11. The summed E-state index contributed by atoms with van der Waals surface area (Å²) in [6.07, 6.45) is 3.75. The molecule has 2 rings (SSSR count). The summed E-state index contributed by atoms with van der Waals surface area (Å²) in [5.41, 5.74) is 2.61. The molecule has 2 heteroatoms. The van der Waals surface area contributed by atoms with Crippen molar-refractivity contribution >= 4 is 20.4 Å². The van der Waals surface area contributed by atoms with Gasteiger partial charge in [-0.3, -0.25) is 0 Å². The fraction of sp³-hybridized carbons (Fsp3) is 0.333. The normalized spacial score (nSPS) is 20.1. The maximum Gasteiger partial charge on any atom is 0.0437 e. The third-order valence-corrected chi connectivity index (χ3v) is 3.42. The Bertz CT molecular complexity index is 321. The summed E-state index contributed by atoms with van der Waals surface area (Å²) in [6.45, 7) is 1.11. The maximum absolute atomic E-state index is 3.66. The number of rotatable bonds is 1. The molecule has 1 aliphatic rings. The van der Waals surface area contributed by atoms with Crippen LogP contribution in [0.2, 0.25) is 0 Å². The van der Waals surface area contributed by atoms with Crippen molar-refractivity contribution < 1.29 is 0 Å². The molecule has 0 aromatic heterocycles. The zero-order chi connectivity index (χ0) is 9.80. The summed E-state index contributed by atoms with van der Waals surface area (Å²) in [4.78, 5) is 0. The van der Waals surface area contributed by atoms with E-state index in [1.807, 2.05) is 6.07 Å². The topological polar surface area (TPSA) is 12.0 Å². The maximum atomic E-state index is 3.66. The number of halogens is 1. The first-order chi connectivity index (χ1) is 6.88. The molecule has 1 aliphatic heterocycles. The lowest BCUT2D eigenvalue weighted by atomic mass is 10.1. The Kier molecular flexibility index (Phi) is 3.25. The zero-order valence-electron chi connectivity index (χ0n) is 8.09. The molecule has 14 heavy (non-hydrogen) atoms. The van der Waals surface area contributed by atoms with Crippen molar-refractivity contribution in [2.45, 2.75) is 19.3 Å². The van der Waals surface area contributed by atoms with E-state index < -0.39 is 0 Å². The minimum Gasteiger partial charge on any atom is -0.387 e. The van der Waals surface area contributed by atoms with Gasteiger partial charge in [0.1, 0.15) is 0 Å². The standard InChI is InChI=1S/C12H14BrN/c13-12(10-6-2-1-3-7-10)11-8-4-5-9-14-11/h1-3,6-7,14H,4-5,8-9H2. The van der Waals surface area contributed by atoms with E-state index in [4.69, 9.17) is 0 Å². The highest BCUT2D eigenvalue weighted by Crippen LogP contribution is 2.27. The van der Waals surface area contributed by atoms with Crippen molar-refractivity contribution in [3.8, 4) is 0 Å². The number of hydrogen-bond donors (Lipinski definition) is 1. The first-order valence-corrected chi connectivity index (χ1v) is 5.85. The van der Waals surface area contributed by atoms with Gasteiger partial charge < -0.3 is 5.32 Å². The summed E-state index contributed by atoms with van der Waals surface area (Å²) in [7, 11) is 0. The van der Waals surface area contributed by atoms with Gasteiger partial charge in [-0.15, -0.1) is 0 Å². The second-order valence-corrected chi connectivity index (χ2v) is 4.34. The predicted octanol–water partition coefficient (Wildman–Crippen LogP) is 3.52. The van der Waals surface area contributed by atoms with Crippen LogP contribution < -0.4 is 5.32 Å². The van der Waals surface area contributed by atoms with Crippen LogP contribution in [0, 0.1) is 0 Å². The molecule has 0 aliphatic carbocycles. The van der Waals surface area contributed by atoms with Crippen molar-refractivity contribution in [2.24, 2.45) is 0 Å². The molecule has 1 saturated heterocycles. The summed E-state index contributed by atoms with van der Waals surface area (Å²) in [6, 6.07) is 10.4. The smallest absolute Gasteiger partial charge is 0.0437 e. The van der Waals surface area contributed by atoms with E-state index in [0.29, 0.717) is 0 Å². The Hall–Kier alpha value is -0.760. The van der Waals surface area contributed by atoms with Gasteiger partial charge in [-0.2, -0.15) is 0 Å². The highest BCUT2D eigenvalue weighted by molar-refractivity contribution is 9.15. The van der Waals surface area contributed by atoms with Crippen molar-refractivity contribution in [1.29, 1.82) is 0 Å². The van der Waals surface area contributed by atoms with Gasteiger partial charge in [-0.05, 0) is 40.8 Å². The first kappa shape index (κ1) is 9.78. The summed E-state index contributed by atoms with van der Waals surface area (Å²) in [5, 5.41) is 3.45. The van der Waals surface area contributed by atoms with Gasteiger partial charge in [-0.25, -0.2) is 0 Å². The van der Waals surface area contributed by atoms with Crippen LogP contribution in [0.3, 0.4) is 0 Å². The predicted molar refractivity (Wildman–Crippen MR) is 64.1 cm³/mol. The molecule has 0 saturated carbocycles. The lowest BCUT2D eigenvalue weighted by molar-refractivity contribution is 0.591. The first-order valence-electron chi connectivity index (χ1n) is 5.06. The van der Waals surface area contributed by atoms with Crippen LogP contribution in [-0.2, 0) is 0 Å². The van der Waals surface area contributed by atoms with Crippen LogP contribution in [0.15, 0.2) is 36.0 Å². The van der Waals surface area contributed by atoms with Crippen LogP contribution in [0.4, 0.5) is 0 Å². The van der Waals surface area contributed by atoms with Gasteiger partial charge >= 0.3 is 0 Å². The summed E-state index contributed by atoms with van der Waals surface area (Å²) in [5.74, 6) is 0. The van der Waals surface area contributed by atoms with Crippen molar-refractivity contribution in [3.05, 3.63) is 41.6 Å². The highest BCUT2D eigenvalue weighted by atomic mass is 79.9. The van der Waals surface area contributed by atoms with E-state index in [9.17, 15) is 0 Å². The second-order valence-electron chi connectivity index (χ2n) is 3.54. The molecule has 0 radical (unpaired) electrons. The highest BCUT2D eigenvalue weighted by Gasteiger charge is 2.09. The number of piperidine rings is 1. The largest absolute Gasteiger partial charge is 0.387 e. The number of nitrogens with one attached hydrogen (secondary N) is 1. The molecule has 1 N–H and O–H groups in total. The molecule has 1 aromatic rings. The molecule has 1 aromatic carbocycles. The molecular weight excluding hydrogens is 238 g/mol. The number of hydrogen-bond acceptors (Lipinski definition) is 1. The molecule has 0 bridgehead atoms. The van der Waals surface area contributed by atoms with E-state index >= 15 is 0 Å². The van der Waals surface area contributed by atoms with Crippen molar-refractivity contribution in [3.63, 3.8) is 0 Å².